The van der Waals surface area contributed by atoms with E-state index in [9.17, 15) is 14.0 Å². The molecule has 1 heterocycles. The van der Waals surface area contributed by atoms with Crippen molar-refractivity contribution >= 4 is 11.8 Å². The summed E-state index contributed by atoms with van der Waals surface area (Å²) in [5.74, 6) is 1.23. The lowest BCUT2D eigenvalue weighted by Gasteiger charge is -2.31. The van der Waals surface area contributed by atoms with Gasteiger partial charge in [0.1, 0.15) is 5.82 Å². The van der Waals surface area contributed by atoms with E-state index in [4.69, 9.17) is 4.74 Å². The topological polar surface area (TPSA) is 58.6 Å². The molecule has 5 unspecified atom stereocenters. The smallest absolute Gasteiger partial charge is 0.251 e. The second-order valence-electron chi connectivity index (χ2n) is 7.41. The van der Waals surface area contributed by atoms with Crippen LogP contribution in [0.5, 0.6) is 0 Å². The van der Waals surface area contributed by atoms with Crippen molar-refractivity contribution in [2.75, 3.05) is 20.2 Å². The molecule has 1 N–H and O–H groups in total. The Labute approximate surface area is 146 Å². The lowest BCUT2D eigenvalue weighted by molar-refractivity contribution is -0.134. The van der Waals surface area contributed by atoms with E-state index in [-0.39, 0.29) is 42.7 Å². The fourth-order valence-electron chi connectivity index (χ4n) is 5.13. The number of halogens is 1. The monoisotopic (exact) mass is 346 g/mol. The number of nitrogens with zero attached hydrogens (tertiary/aromatic N) is 1. The first-order valence-corrected chi connectivity index (χ1v) is 8.94. The van der Waals surface area contributed by atoms with E-state index < -0.39 is 0 Å². The molecule has 2 bridgehead atoms. The van der Waals surface area contributed by atoms with Gasteiger partial charge < -0.3 is 15.0 Å². The number of likely N-dealkylation sites (tertiary alicyclic amines) is 1. The third-order valence-electron chi connectivity index (χ3n) is 6.14. The van der Waals surface area contributed by atoms with Gasteiger partial charge in [-0.1, -0.05) is 0 Å². The van der Waals surface area contributed by atoms with Crippen molar-refractivity contribution < 1.29 is 18.7 Å². The van der Waals surface area contributed by atoms with Crippen LogP contribution in [0.1, 0.15) is 29.6 Å². The number of hydrogen-bond acceptors (Lipinski definition) is 3. The summed E-state index contributed by atoms with van der Waals surface area (Å²) in [5.41, 5.74) is 0.395. The number of nitrogens with one attached hydrogen (secondary N) is 1. The molecule has 25 heavy (non-hydrogen) atoms. The van der Waals surface area contributed by atoms with Gasteiger partial charge in [-0.05, 0) is 54.9 Å². The van der Waals surface area contributed by atoms with Gasteiger partial charge >= 0.3 is 0 Å². The van der Waals surface area contributed by atoms with E-state index in [1.807, 2.05) is 4.90 Å². The van der Waals surface area contributed by atoms with Gasteiger partial charge in [0, 0.05) is 32.2 Å². The predicted molar refractivity (Wildman–Crippen MR) is 89.4 cm³/mol. The second-order valence-corrected chi connectivity index (χ2v) is 7.41. The third-order valence-corrected chi connectivity index (χ3v) is 6.14. The van der Waals surface area contributed by atoms with Gasteiger partial charge in [-0.3, -0.25) is 9.59 Å². The lowest BCUT2D eigenvalue weighted by atomic mass is 9.88. The fourth-order valence-corrected chi connectivity index (χ4v) is 5.13. The summed E-state index contributed by atoms with van der Waals surface area (Å²) in [5, 5.41) is 2.74. The first-order chi connectivity index (χ1) is 12.1. The van der Waals surface area contributed by atoms with Crippen LogP contribution < -0.4 is 5.32 Å². The Morgan fingerprint density at radius 1 is 1.24 bits per heavy atom. The fraction of sp³-hybridized carbons (Fsp3) is 0.579. The molecule has 1 saturated heterocycles. The van der Waals surface area contributed by atoms with Crippen LogP contribution in [0.2, 0.25) is 0 Å². The third kappa shape index (κ3) is 2.82. The van der Waals surface area contributed by atoms with Crippen molar-refractivity contribution in [3.8, 4) is 0 Å². The first-order valence-electron chi connectivity index (χ1n) is 8.94. The molecule has 2 saturated carbocycles. The average molecular weight is 346 g/mol. The van der Waals surface area contributed by atoms with E-state index in [1.165, 1.54) is 37.1 Å². The SMILES string of the molecule is COC1C2CC3CN(C(=O)CCNC(=O)c4ccc(F)cc4)C1C3C2. The van der Waals surface area contributed by atoms with Crippen LogP contribution >= 0.6 is 0 Å². The van der Waals surface area contributed by atoms with Crippen LogP contribution in [0.15, 0.2) is 24.3 Å². The molecule has 3 fully saturated rings. The minimum Gasteiger partial charge on any atom is -0.379 e. The number of amides is 2. The number of benzene rings is 1. The molecular formula is C19H23FN2O3. The molecule has 1 aromatic rings. The minimum atomic E-state index is -0.377. The van der Waals surface area contributed by atoms with E-state index in [2.05, 4.69) is 5.32 Å². The maximum Gasteiger partial charge on any atom is 0.251 e. The van der Waals surface area contributed by atoms with E-state index in [0.29, 0.717) is 23.3 Å². The zero-order chi connectivity index (χ0) is 17.6. The van der Waals surface area contributed by atoms with Crippen molar-refractivity contribution in [1.29, 1.82) is 0 Å². The molecule has 5 atom stereocenters. The largest absolute Gasteiger partial charge is 0.379 e. The summed E-state index contributed by atoms with van der Waals surface area (Å²) >= 11 is 0. The number of carbonyl (C=O) groups is 2. The van der Waals surface area contributed by atoms with E-state index in [0.717, 1.165) is 6.54 Å². The minimum absolute atomic E-state index is 0.0847. The predicted octanol–water partition coefficient (Wildman–Crippen LogP) is 1.83. The highest BCUT2D eigenvalue weighted by Gasteiger charge is 2.60. The summed E-state index contributed by atoms with van der Waals surface area (Å²) in [4.78, 5) is 26.7. The standard InChI is InChI=1S/C19H23FN2O3/c1-25-18-12-8-13-10-22(17(18)15(13)9-12)16(23)6-7-21-19(24)11-2-4-14(20)5-3-11/h2-5,12-13,15,17-18H,6-10H2,1H3,(H,21,24). The molecule has 2 amide bonds. The number of rotatable bonds is 5. The van der Waals surface area contributed by atoms with Gasteiger partial charge in [0.2, 0.25) is 5.91 Å². The average Bonchev–Trinajstić information content (AvgIpc) is 3.22. The quantitative estimate of drug-likeness (QED) is 0.885. The summed E-state index contributed by atoms with van der Waals surface area (Å²) in [6, 6.07) is 5.59. The van der Waals surface area contributed by atoms with Gasteiger partial charge in [-0.2, -0.15) is 0 Å². The Balaban J connectivity index is 1.31. The Kier molecular flexibility index (Phi) is 4.23. The van der Waals surface area contributed by atoms with Gasteiger partial charge in [0.15, 0.2) is 0 Å². The number of ether oxygens (including phenoxy) is 1. The first kappa shape index (κ1) is 16.5. The zero-order valence-corrected chi connectivity index (χ0v) is 14.3. The van der Waals surface area contributed by atoms with Crippen LogP contribution in [0.4, 0.5) is 4.39 Å². The van der Waals surface area contributed by atoms with Gasteiger partial charge in [-0.25, -0.2) is 4.39 Å². The maximum atomic E-state index is 12.9. The molecule has 4 rings (SSSR count). The Morgan fingerprint density at radius 3 is 2.72 bits per heavy atom. The molecule has 6 heteroatoms. The number of fused-ring (bicyclic) bond motifs is 1. The van der Waals surface area contributed by atoms with Gasteiger partial charge in [0.25, 0.3) is 5.91 Å². The summed E-state index contributed by atoms with van der Waals surface area (Å²) in [6.45, 7) is 1.12. The van der Waals surface area contributed by atoms with E-state index >= 15 is 0 Å². The van der Waals surface area contributed by atoms with Crippen LogP contribution in [0.25, 0.3) is 0 Å². The Bertz CT molecular complexity index is 676. The molecular weight excluding hydrogens is 323 g/mol. The Hall–Kier alpha value is -1.95. The summed E-state index contributed by atoms with van der Waals surface area (Å²) in [7, 11) is 1.74. The molecule has 134 valence electrons. The molecule has 3 aliphatic rings. The highest BCUT2D eigenvalue weighted by molar-refractivity contribution is 5.94. The zero-order valence-electron chi connectivity index (χ0n) is 14.3. The highest BCUT2D eigenvalue weighted by Crippen LogP contribution is 2.55. The van der Waals surface area contributed by atoms with Crippen LogP contribution in [0.3, 0.4) is 0 Å². The molecule has 0 spiro atoms. The maximum absolute atomic E-state index is 12.9. The molecule has 0 aromatic heterocycles. The molecule has 0 radical (unpaired) electrons. The van der Waals surface area contributed by atoms with Crippen LogP contribution in [-0.4, -0.2) is 49.1 Å². The van der Waals surface area contributed by atoms with Crippen molar-refractivity contribution in [3.63, 3.8) is 0 Å². The normalized spacial score (nSPS) is 32.2. The number of methoxy groups -OCH3 is 1. The van der Waals surface area contributed by atoms with Crippen molar-refractivity contribution in [3.05, 3.63) is 35.6 Å². The highest BCUT2D eigenvalue weighted by atomic mass is 19.1. The van der Waals surface area contributed by atoms with Crippen molar-refractivity contribution in [2.24, 2.45) is 17.8 Å². The molecule has 2 aliphatic carbocycles. The molecule has 1 aliphatic heterocycles. The van der Waals surface area contributed by atoms with Crippen LogP contribution in [0, 0.1) is 23.6 Å². The van der Waals surface area contributed by atoms with Crippen molar-refractivity contribution in [1.82, 2.24) is 10.2 Å². The number of carbonyl (C=O) groups excluding carboxylic acids is 2. The molecule has 1 aromatic carbocycles. The van der Waals surface area contributed by atoms with Crippen LogP contribution in [-0.2, 0) is 9.53 Å². The van der Waals surface area contributed by atoms with E-state index in [1.54, 1.807) is 7.11 Å². The van der Waals surface area contributed by atoms with Crippen molar-refractivity contribution in [2.45, 2.75) is 31.4 Å². The second kappa shape index (κ2) is 6.41. The van der Waals surface area contributed by atoms with Gasteiger partial charge in [-0.15, -0.1) is 0 Å². The summed E-state index contributed by atoms with van der Waals surface area (Å²) < 4.78 is 18.6. The Morgan fingerprint density at radius 2 is 2.00 bits per heavy atom. The summed E-state index contributed by atoms with van der Waals surface area (Å²) in [6.07, 6.45) is 2.80. The van der Waals surface area contributed by atoms with Gasteiger partial charge in [0.05, 0.1) is 12.1 Å². The lowest BCUT2D eigenvalue weighted by Crippen LogP contribution is -2.45. The number of hydrogen-bond donors (Lipinski definition) is 1. The molecule has 5 nitrogen and oxygen atoms in total.